The first-order chi connectivity index (χ1) is 8.95. The lowest BCUT2D eigenvalue weighted by Gasteiger charge is -2.20. The molecule has 3 heteroatoms. The van der Waals surface area contributed by atoms with E-state index in [1.54, 1.807) is 0 Å². The highest BCUT2D eigenvalue weighted by atomic mass is 16.1. The Bertz CT molecular complexity index is 221. The van der Waals surface area contributed by atoms with Crippen LogP contribution in [-0.2, 0) is 4.79 Å². The molecular formula is C16H34N2O. The highest BCUT2D eigenvalue weighted by Crippen LogP contribution is 2.06. The van der Waals surface area contributed by atoms with Gasteiger partial charge in [0, 0.05) is 18.5 Å². The third kappa shape index (κ3) is 15.4. The summed E-state index contributed by atoms with van der Waals surface area (Å²) in [5, 5.41) is 6.31. The van der Waals surface area contributed by atoms with E-state index in [1.165, 1.54) is 44.9 Å². The number of unbranched alkanes of at least 4 members (excludes halogenated alkanes) is 6. The van der Waals surface area contributed by atoms with Crippen molar-refractivity contribution in [2.24, 2.45) is 0 Å². The fourth-order valence-corrected chi connectivity index (χ4v) is 2.01. The van der Waals surface area contributed by atoms with Crippen molar-refractivity contribution in [1.82, 2.24) is 10.6 Å². The van der Waals surface area contributed by atoms with Crippen molar-refractivity contribution in [3.05, 3.63) is 0 Å². The maximum atomic E-state index is 11.5. The first-order valence-corrected chi connectivity index (χ1v) is 7.97. The van der Waals surface area contributed by atoms with Gasteiger partial charge < -0.3 is 10.6 Å². The fourth-order valence-electron chi connectivity index (χ4n) is 2.01. The van der Waals surface area contributed by atoms with Gasteiger partial charge in [-0.15, -0.1) is 0 Å². The lowest BCUT2D eigenvalue weighted by Crippen LogP contribution is -2.41. The van der Waals surface area contributed by atoms with Crippen molar-refractivity contribution < 1.29 is 4.79 Å². The van der Waals surface area contributed by atoms with Crippen molar-refractivity contribution in [1.29, 1.82) is 0 Å². The number of nitrogens with one attached hydrogen (secondary N) is 2. The van der Waals surface area contributed by atoms with Gasteiger partial charge in [0.25, 0.3) is 0 Å². The number of carbonyl (C=O) groups is 1. The molecule has 0 rings (SSSR count). The highest BCUT2D eigenvalue weighted by molar-refractivity contribution is 5.76. The minimum atomic E-state index is -0.116. The molecule has 114 valence electrons. The van der Waals surface area contributed by atoms with Crippen LogP contribution in [0.4, 0.5) is 0 Å². The molecular weight excluding hydrogens is 236 g/mol. The van der Waals surface area contributed by atoms with Crippen LogP contribution in [0.1, 0.15) is 79.1 Å². The minimum absolute atomic E-state index is 0.116. The molecule has 0 heterocycles. The third-order valence-electron chi connectivity index (χ3n) is 3.00. The van der Waals surface area contributed by atoms with E-state index >= 15 is 0 Å². The van der Waals surface area contributed by atoms with E-state index in [-0.39, 0.29) is 11.4 Å². The van der Waals surface area contributed by atoms with Gasteiger partial charge >= 0.3 is 0 Å². The zero-order valence-electron chi connectivity index (χ0n) is 13.5. The zero-order valence-corrected chi connectivity index (χ0v) is 13.5. The van der Waals surface area contributed by atoms with E-state index in [2.05, 4.69) is 17.6 Å². The highest BCUT2D eigenvalue weighted by Gasteiger charge is 2.12. The molecule has 19 heavy (non-hydrogen) atoms. The third-order valence-corrected chi connectivity index (χ3v) is 3.00. The van der Waals surface area contributed by atoms with E-state index in [1.807, 2.05) is 20.8 Å². The van der Waals surface area contributed by atoms with Crippen molar-refractivity contribution in [2.45, 2.75) is 84.6 Å². The van der Waals surface area contributed by atoms with Gasteiger partial charge in [-0.25, -0.2) is 0 Å². The van der Waals surface area contributed by atoms with Crippen LogP contribution in [0.25, 0.3) is 0 Å². The Balaban J connectivity index is 3.21. The average molecular weight is 270 g/mol. The van der Waals surface area contributed by atoms with Gasteiger partial charge in [0.15, 0.2) is 0 Å². The molecule has 0 atom stereocenters. The van der Waals surface area contributed by atoms with E-state index < -0.39 is 0 Å². The molecule has 0 saturated heterocycles. The second-order valence-electron chi connectivity index (χ2n) is 6.42. The van der Waals surface area contributed by atoms with E-state index in [9.17, 15) is 4.79 Å². The summed E-state index contributed by atoms with van der Waals surface area (Å²) >= 11 is 0. The van der Waals surface area contributed by atoms with Gasteiger partial charge in [-0.3, -0.25) is 4.79 Å². The van der Waals surface area contributed by atoms with Crippen LogP contribution >= 0.6 is 0 Å². The van der Waals surface area contributed by atoms with Gasteiger partial charge in [-0.2, -0.15) is 0 Å². The largest absolute Gasteiger partial charge is 0.351 e. The number of amides is 1. The van der Waals surface area contributed by atoms with Crippen LogP contribution in [0, 0.1) is 0 Å². The van der Waals surface area contributed by atoms with Crippen LogP contribution in [-0.4, -0.2) is 24.5 Å². The van der Waals surface area contributed by atoms with Gasteiger partial charge in [0.2, 0.25) is 5.91 Å². The second-order valence-corrected chi connectivity index (χ2v) is 6.42. The molecule has 0 aliphatic rings. The Morgan fingerprint density at radius 1 is 0.895 bits per heavy atom. The molecule has 2 N–H and O–H groups in total. The summed E-state index contributed by atoms with van der Waals surface area (Å²) < 4.78 is 0. The van der Waals surface area contributed by atoms with Crippen LogP contribution in [0.5, 0.6) is 0 Å². The molecule has 0 aromatic heterocycles. The lowest BCUT2D eigenvalue weighted by molar-refractivity contribution is -0.122. The van der Waals surface area contributed by atoms with Gasteiger partial charge in [0.1, 0.15) is 0 Å². The molecule has 0 radical (unpaired) electrons. The number of hydrogen-bond acceptors (Lipinski definition) is 2. The molecule has 0 bridgehead atoms. The first kappa shape index (κ1) is 18.4. The standard InChI is InChI=1S/C16H34N2O/c1-5-6-7-8-9-10-11-13-17-14-12-15(19)18-16(2,3)4/h17H,5-14H2,1-4H3,(H,18,19). The van der Waals surface area contributed by atoms with Crippen molar-refractivity contribution in [2.75, 3.05) is 13.1 Å². The fraction of sp³-hybridized carbons (Fsp3) is 0.938. The topological polar surface area (TPSA) is 41.1 Å². The van der Waals surface area contributed by atoms with Gasteiger partial charge in [0.05, 0.1) is 0 Å². The van der Waals surface area contributed by atoms with E-state index in [4.69, 9.17) is 0 Å². The van der Waals surface area contributed by atoms with E-state index in [0.29, 0.717) is 6.42 Å². The smallest absolute Gasteiger partial charge is 0.221 e. The molecule has 0 aromatic carbocycles. The Morgan fingerprint density at radius 2 is 1.47 bits per heavy atom. The number of rotatable bonds is 11. The number of carbonyl (C=O) groups excluding carboxylic acids is 1. The predicted octanol–water partition coefficient (Wildman–Crippen LogP) is 3.63. The maximum absolute atomic E-state index is 11.5. The van der Waals surface area contributed by atoms with Crippen LogP contribution in [0.15, 0.2) is 0 Å². The average Bonchev–Trinajstić information content (AvgIpc) is 2.29. The lowest BCUT2D eigenvalue weighted by atomic mass is 10.1. The van der Waals surface area contributed by atoms with Gasteiger partial charge in [-0.1, -0.05) is 45.4 Å². The summed E-state index contributed by atoms with van der Waals surface area (Å²) in [6, 6.07) is 0. The number of hydrogen-bond donors (Lipinski definition) is 2. The zero-order chi connectivity index (χ0) is 14.6. The minimum Gasteiger partial charge on any atom is -0.351 e. The molecule has 0 aromatic rings. The summed E-state index contributed by atoms with van der Waals surface area (Å²) in [7, 11) is 0. The Labute approximate surface area is 119 Å². The van der Waals surface area contributed by atoms with Crippen molar-refractivity contribution in [3.63, 3.8) is 0 Å². The Morgan fingerprint density at radius 3 is 2.05 bits per heavy atom. The van der Waals surface area contributed by atoms with E-state index in [0.717, 1.165) is 13.1 Å². The second kappa shape index (κ2) is 11.3. The van der Waals surface area contributed by atoms with Crippen molar-refractivity contribution >= 4 is 5.91 Å². The molecule has 0 unspecified atom stereocenters. The SMILES string of the molecule is CCCCCCCCCNCCC(=O)NC(C)(C)C. The van der Waals surface area contributed by atoms with Gasteiger partial charge in [-0.05, 0) is 33.7 Å². The quantitative estimate of drug-likeness (QED) is 0.563. The normalized spacial score (nSPS) is 11.6. The predicted molar refractivity (Wildman–Crippen MR) is 83.4 cm³/mol. The van der Waals surface area contributed by atoms with Crippen LogP contribution in [0.2, 0.25) is 0 Å². The molecule has 0 aliphatic carbocycles. The Hall–Kier alpha value is -0.570. The monoisotopic (exact) mass is 270 g/mol. The molecule has 0 spiro atoms. The summed E-state index contributed by atoms with van der Waals surface area (Å²) in [6.45, 7) is 10.1. The molecule has 0 aliphatic heterocycles. The van der Waals surface area contributed by atoms with Crippen LogP contribution < -0.4 is 10.6 Å². The van der Waals surface area contributed by atoms with Crippen LogP contribution in [0.3, 0.4) is 0 Å². The summed E-state index contributed by atoms with van der Waals surface area (Å²) in [4.78, 5) is 11.5. The first-order valence-electron chi connectivity index (χ1n) is 7.97. The molecule has 3 nitrogen and oxygen atoms in total. The summed E-state index contributed by atoms with van der Waals surface area (Å²) in [5.41, 5.74) is -0.116. The Kier molecular flexibility index (Phi) is 10.9. The molecule has 1 amide bonds. The maximum Gasteiger partial charge on any atom is 0.221 e. The molecule has 0 saturated carbocycles. The summed E-state index contributed by atoms with van der Waals surface area (Å²) in [6.07, 6.45) is 9.93. The summed E-state index contributed by atoms with van der Waals surface area (Å²) in [5.74, 6) is 0.138. The van der Waals surface area contributed by atoms with Crippen molar-refractivity contribution in [3.8, 4) is 0 Å². The molecule has 0 fully saturated rings.